The van der Waals surface area contributed by atoms with Crippen molar-refractivity contribution in [3.05, 3.63) is 35.1 Å². The van der Waals surface area contributed by atoms with Gasteiger partial charge in [0.2, 0.25) is 0 Å². The van der Waals surface area contributed by atoms with E-state index in [1.54, 1.807) is 24.0 Å². The molecule has 1 fully saturated rings. The first kappa shape index (κ1) is 18.3. The van der Waals surface area contributed by atoms with Gasteiger partial charge in [0.1, 0.15) is 10.7 Å². The van der Waals surface area contributed by atoms with Gasteiger partial charge in [-0.3, -0.25) is 0 Å². The van der Waals surface area contributed by atoms with Gasteiger partial charge in [-0.2, -0.15) is 0 Å². The van der Waals surface area contributed by atoms with Gasteiger partial charge in [-0.05, 0) is 38.0 Å². The third kappa shape index (κ3) is 4.72. The summed E-state index contributed by atoms with van der Waals surface area (Å²) in [5.74, 6) is -0.357. The molecule has 0 unspecified atom stereocenters. The predicted octanol–water partition coefficient (Wildman–Crippen LogP) is 3.80. The number of morpholine rings is 1. The van der Waals surface area contributed by atoms with Gasteiger partial charge in [0.05, 0.1) is 18.2 Å². The third-order valence-corrected chi connectivity index (χ3v) is 4.30. The Morgan fingerprint density at radius 2 is 1.96 bits per heavy atom. The molecular weight excluding hydrogens is 342 g/mol. The van der Waals surface area contributed by atoms with E-state index in [1.165, 1.54) is 6.07 Å². The molecule has 7 heteroatoms. The van der Waals surface area contributed by atoms with Crippen molar-refractivity contribution in [3.8, 4) is 0 Å². The second kappa shape index (κ2) is 7.69. The third-order valence-electron chi connectivity index (χ3n) is 3.79. The molecule has 1 aromatic carbocycles. The minimum absolute atomic E-state index is 0.0393. The maximum atomic E-state index is 13.8. The van der Waals surface area contributed by atoms with Crippen LogP contribution in [0.4, 0.5) is 9.18 Å². The van der Waals surface area contributed by atoms with Gasteiger partial charge >= 0.3 is 6.03 Å². The Kier molecular flexibility index (Phi) is 6.12. The van der Waals surface area contributed by atoms with E-state index >= 15 is 0 Å². The molecule has 1 N–H and O–H groups in total. The van der Waals surface area contributed by atoms with E-state index in [0.717, 1.165) is 0 Å². The van der Waals surface area contributed by atoms with Crippen molar-refractivity contribution < 1.29 is 13.9 Å². The van der Waals surface area contributed by atoms with Crippen LogP contribution in [0.3, 0.4) is 0 Å². The average Bonchev–Trinajstić information content (AvgIpc) is 2.46. The number of halogens is 3. The van der Waals surface area contributed by atoms with Crippen LogP contribution in [-0.2, 0) is 4.74 Å². The number of benzene rings is 1. The van der Waals surface area contributed by atoms with Crippen LogP contribution in [0.15, 0.2) is 18.2 Å². The van der Waals surface area contributed by atoms with Gasteiger partial charge in [0.15, 0.2) is 0 Å². The van der Waals surface area contributed by atoms with Crippen molar-refractivity contribution in [2.75, 3.05) is 13.1 Å². The molecule has 1 saturated heterocycles. The van der Waals surface area contributed by atoms with Gasteiger partial charge in [0, 0.05) is 13.1 Å². The van der Waals surface area contributed by atoms with E-state index in [0.29, 0.717) is 24.2 Å². The Bertz CT molecular complexity index is 561. The lowest BCUT2D eigenvalue weighted by Gasteiger charge is -2.36. The molecule has 0 aromatic heterocycles. The lowest BCUT2D eigenvalue weighted by Crippen LogP contribution is -2.52. The zero-order chi connectivity index (χ0) is 17.1. The summed E-state index contributed by atoms with van der Waals surface area (Å²) in [6.45, 7) is 6.46. The van der Waals surface area contributed by atoms with E-state index in [2.05, 4.69) is 5.32 Å². The van der Waals surface area contributed by atoms with Crippen LogP contribution in [0.25, 0.3) is 0 Å². The SMILES string of the molecule is Cc1ccc([C@@H](NC(=O)N2C[C@@H](C)O[C@@H](C)C2)C(Cl)Cl)cc1F. The first-order valence-corrected chi connectivity index (χ1v) is 8.40. The number of hydrogen-bond donors (Lipinski definition) is 1. The Morgan fingerprint density at radius 3 is 2.48 bits per heavy atom. The van der Waals surface area contributed by atoms with Gasteiger partial charge < -0.3 is 15.0 Å². The van der Waals surface area contributed by atoms with E-state index in [-0.39, 0.29) is 24.1 Å². The number of amides is 2. The Balaban J connectivity index is 2.12. The fourth-order valence-electron chi connectivity index (χ4n) is 2.66. The molecule has 1 aliphatic heterocycles. The van der Waals surface area contributed by atoms with Crippen LogP contribution in [0.5, 0.6) is 0 Å². The molecule has 0 radical (unpaired) electrons. The summed E-state index contributed by atoms with van der Waals surface area (Å²) in [6.07, 6.45) is -0.0786. The molecule has 0 aliphatic carbocycles. The maximum absolute atomic E-state index is 13.8. The molecule has 0 spiro atoms. The zero-order valence-electron chi connectivity index (χ0n) is 13.4. The van der Waals surface area contributed by atoms with E-state index in [4.69, 9.17) is 27.9 Å². The molecule has 1 heterocycles. The summed E-state index contributed by atoms with van der Waals surface area (Å²) in [6, 6.07) is 3.73. The predicted molar refractivity (Wildman–Crippen MR) is 89.5 cm³/mol. The quantitative estimate of drug-likeness (QED) is 0.830. The number of rotatable bonds is 3. The monoisotopic (exact) mass is 362 g/mol. The van der Waals surface area contributed by atoms with Crippen molar-refractivity contribution in [3.63, 3.8) is 0 Å². The highest BCUT2D eigenvalue weighted by Gasteiger charge is 2.29. The van der Waals surface area contributed by atoms with Crippen molar-refractivity contribution in [2.24, 2.45) is 0 Å². The molecule has 3 atom stereocenters. The number of alkyl halides is 2. The second-order valence-corrected chi connectivity index (χ2v) is 7.10. The standard InChI is InChI=1S/C16H21Cl2FN2O2/c1-9-4-5-12(6-13(9)19)14(15(17)18)20-16(22)21-7-10(2)23-11(3)8-21/h4-6,10-11,14-15H,7-8H2,1-3H3,(H,20,22)/t10-,11+,14-/m1/s1. The lowest BCUT2D eigenvalue weighted by molar-refractivity contribution is -0.0547. The molecule has 128 valence electrons. The highest BCUT2D eigenvalue weighted by atomic mass is 35.5. The largest absolute Gasteiger partial charge is 0.372 e. The number of carbonyl (C=O) groups is 1. The molecule has 2 rings (SSSR count). The molecule has 2 amide bonds. The number of ether oxygens (including phenoxy) is 1. The van der Waals surface area contributed by atoms with Gasteiger partial charge in [-0.25, -0.2) is 9.18 Å². The molecule has 4 nitrogen and oxygen atoms in total. The minimum Gasteiger partial charge on any atom is -0.372 e. The normalized spacial score (nSPS) is 23.0. The Morgan fingerprint density at radius 1 is 1.35 bits per heavy atom. The lowest BCUT2D eigenvalue weighted by atomic mass is 10.1. The highest BCUT2D eigenvalue weighted by molar-refractivity contribution is 6.44. The number of carbonyl (C=O) groups excluding carboxylic acids is 1. The summed E-state index contributed by atoms with van der Waals surface area (Å²) in [5, 5.41) is 2.79. The Labute approximate surface area is 145 Å². The molecule has 0 saturated carbocycles. The summed E-state index contributed by atoms with van der Waals surface area (Å²) in [5.41, 5.74) is 1.06. The maximum Gasteiger partial charge on any atom is 0.318 e. The average molecular weight is 363 g/mol. The first-order chi connectivity index (χ1) is 10.8. The second-order valence-electron chi connectivity index (χ2n) is 5.93. The van der Waals surface area contributed by atoms with Crippen LogP contribution < -0.4 is 5.32 Å². The van der Waals surface area contributed by atoms with Gasteiger partial charge in [0.25, 0.3) is 0 Å². The van der Waals surface area contributed by atoms with Crippen molar-refractivity contribution in [1.82, 2.24) is 10.2 Å². The van der Waals surface area contributed by atoms with Crippen molar-refractivity contribution in [1.29, 1.82) is 0 Å². The fourth-order valence-corrected chi connectivity index (χ4v) is 3.08. The Hall–Kier alpha value is -1.04. The van der Waals surface area contributed by atoms with Crippen molar-refractivity contribution in [2.45, 2.75) is 43.9 Å². The van der Waals surface area contributed by atoms with Crippen molar-refractivity contribution >= 4 is 29.2 Å². The molecule has 23 heavy (non-hydrogen) atoms. The van der Waals surface area contributed by atoms with Crippen LogP contribution >= 0.6 is 23.2 Å². The van der Waals surface area contributed by atoms with Crippen LogP contribution in [0.1, 0.15) is 31.0 Å². The summed E-state index contributed by atoms with van der Waals surface area (Å²) in [7, 11) is 0. The molecule has 0 bridgehead atoms. The number of hydrogen-bond acceptors (Lipinski definition) is 2. The molecular formula is C16H21Cl2FN2O2. The van der Waals surface area contributed by atoms with Crippen LogP contribution in [-0.4, -0.2) is 41.1 Å². The molecule has 1 aromatic rings. The fraction of sp³-hybridized carbons (Fsp3) is 0.562. The summed E-state index contributed by atoms with van der Waals surface area (Å²) in [4.78, 5) is 13.2. The molecule has 1 aliphatic rings. The number of aryl methyl sites for hydroxylation is 1. The van der Waals surface area contributed by atoms with E-state index in [9.17, 15) is 9.18 Å². The summed E-state index contributed by atoms with van der Waals surface area (Å²) < 4.78 is 19.4. The zero-order valence-corrected chi connectivity index (χ0v) is 14.9. The topological polar surface area (TPSA) is 41.6 Å². The number of urea groups is 1. The minimum atomic E-state index is -0.892. The van der Waals surface area contributed by atoms with Gasteiger partial charge in [-0.15, -0.1) is 23.2 Å². The van der Waals surface area contributed by atoms with E-state index < -0.39 is 10.9 Å². The smallest absolute Gasteiger partial charge is 0.318 e. The summed E-state index contributed by atoms with van der Waals surface area (Å²) >= 11 is 12.0. The van der Waals surface area contributed by atoms with E-state index in [1.807, 2.05) is 13.8 Å². The van der Waals surface area contributed by atoms with Crippen LogP contribution in [0.2, 0.25) is 0 Å². The number of nitrogens with zero attached hydrogens (tertiary/aromatic N) is 1. The van der Waals surface area contributed by atoms with Gasteiger partial charge in [-0.1, -0.05) is 12.1 Å². The first-order valence-electron chi connectivity index (χ1n) is 7.53. The highest BCUT2D eigenvalue weighted by Crippen LogP contribution is 2.26. The number of nitrogens with one attached hydrogen (secondary N) is 1. The van der Waals surface area contributed by atoms with Crippen LogP contribution in [0, 0.1) is 12.7 Å².